The molecule has 28 heavy (non-hydrogen) atoms. The predicted octanol–water partition coefficient (Wildman–Crippen LogP) is 4.80. The molecular formula is C24H32N2O2. The summed E-state index contributed by atoms with van der Waals surface area (Å²) in [5, 5.41) is 3.03. The number of piperidine rings is 1. The molecule has 1 N–H and O–H groups in total. The highest BCUT2D eigenvalue weighted by Crippen LogP contribution is 2.24. The minimum absolute atomic E-state index is 0.0258. The maximum absolute atomic E-state index is 12.3. The molecule has 2 atom stereocenters. The molecule has 1 fully saturated rings. The number of benzene rings is 2. The summed E-state index contributed by atoms with van der Waals surface area (Å²) in [5.74, 6) is 1.40. The molecule has 1 aliphatic heterocycles. The highest BCUT2D eigenvalue weighted by molar-refractivity contribution is 5.78. The monoisotopic (exact) mass is 380 g/mol. The van der Waals surface area contributed by atoms with Crippen molar-refractivity contribution < 1.29 is 9.53 Å². The van der Waals surface area contributed by atoms with Crippen LogP contribution in [0.15, 0.2) is 42.5 Å². The van der Waals surface area contributed by atoms with Gasteiger partial charge in [-0.2, -0.15) is 0 Å². The van der Waals surface area contributed by atoms with E-state index in [0.29, 0.717) is 0 Å². The summed E-state index contributed by atoms with van der Waals surface area (Å²) in [7, 11) is 0. The van der Waals surface area contributed by atoms with E-state index in [1.807, 2.05) is 32.9 Å². The van der Waals surface area contributed by atoms with Gasteiger partial charge in [0.2, 0.25) is 0 Å². The number of anilines is 1. The highest BCUT2D eigenvalue weighted by atomic mass is 16.5. The normalized spacial score (nSPS) is 17.9. The van der Waals surface area contributed by atoms with Crippen molar-refractivity contribution in [3.8, 4) is 5.75 Å². The Morgan fingerprint density at radius 1 is 1.21 bits per heavy atom. The Morgan fingerprint density at radius 3 is 2.64 bits per heavy atom. The fourth-order valence-electron chi connectivity index (χ4n) is 3.87. The number of rotatable bonds is 6. The Kier molecular flexibility index (Phi) is 6.61. The smallest absolute Gasteiger partial charge is 0.258 e. The Labute approximate surface area is 168 Å². The number of carbonyl (C=O) groups excluding carboxylic acids is 1. The zero-order valence-corrected chi connectivity index (χ0v) is 17.5. The predicted molar refractivity (Wildman–Crippen MR) is 115 cm³/mol. The van der Waals surface area contributed by atoms with Crippen molar-refractivity contribution in [2.24, 2.45) is 5.92 Å². The van der Waals surface area contributed by atoms with Crippen LogP contribution in [-0.4, -0.2) is 25.6 Å². The Hall–Kier alpha value is -2.49. The number of amides is 1. The lowest BCUT2D eigenvalue weighted by atomic mass is 9.99. The lowest BCUT2D eigenvalue weighted by molar-refractivity contribution is -0.123. The Bertz CT molecular complexity index is 801. The summed E-state index contributed by atoms with van der Waals surface area (Å²) >= 11 is 0. The van der Waals surface area contributed by atoms with Gasteiger partial charge in [-0.15, -0.1) is 0 Å². The van der Waals surface area contributed by atoms with Crippen molar-refractivity contribution in [1.82, 2.24) is 5.32 Å². The molecule has 0 radical (unpaired) electrons. The first-order chi connectivity index (χ1) is 13.4. The molecule has 150 valence electrons. The summed E-state index contributed by atoms with van der Waals surface area (Å²) in [6.45, 7) is 10.6. The number of ether oxygens (including phenoxy) is 1. The van der Waals surface area contributed by atoms with Gasteiger partial charge in [0.05, 0.1) is 6.04 Å². The average molecular weight is 381 g/mol. The van der Waals surface area contributed by atoms with Gasteiger partial charge < -0.3 is 15.0 Å². The molecule has 2 aromatic carbocycles. The zero-order valence-electron chi connectivity index (χ0n) is 17.5. The summed E-state index contributed by atoms with van der Waals surface area (Å²) < 4.78 is 5.68. The van der Waals surface area contributed by atoms with E-state index in [4.69, 9.17) is 4.74 Å². The lowest BCUT2D eigenvalue weighted by Crippen LogP contribution is -2.34. The lowest BCUT2D eigenvalue weighted by Gasteiger charge is -2.33. The molecule has 0 unspecified atom stereocenters. The van der Waals surface area contributed by atoms with E-state index in [1.54, 1.807) is 0 Å². The first-order valence-electron chi connectivity index (χ1n) is 10.3. The van der Waals surface area contributed by atoms with Gasteiger partial charge in [0.25, 0.3) is 5.91 Å². The number of hydrogen-bond donors (Lipinski definition) is 1. The quantitative estimate of drug-likeness (QED) is 0.783. The van der Waals surface area contributed by atoms with Crippen molar-refractivity contribution in [3.63, 3.8) is 0 Å². The van der Waals surface area contributed by atoms with Crippen LogP contribution < -0.4 is 15.0 Å². The van der Waals surface area contributed by atoms with Crippen LogP contribution in [-0.2, 0) is 4.79 Å². The van der Waals surface area contributed by atoms with E-state index in [-0.39, 0.29) is 18.6 Å². The molecule has 0 aromatic heterocycles. The molecule has 4 heteroatoms. The third-order valence-electron chi connectivity index (χ3n) is 5.48. The van der Waals surface area contributed by atoms with Gasteiger partial charge in [-0.3, -0.25) is 4.79 Å². The molecule has 1 heterocycles. The summed E-state index contributed by atoms with van der Waals surface area (Å²) in [5.41, 5.74) is 4.61. The van der Waals surface area contributed by atoms with Gasteiger partial charge in [-0.1, -0.05) is 36.8 Å². The molecule has 1 saturated heterocycles. The largest absolute Gasteiger partial charge is 0.484 e. The van der Waals surface area contributed by atoms with Gasteiger partial charge >= 0.3 is 0 Å². The van der Waals surface area contributed by atoms with Crippen molar-refractivity contribution in [3.05, 3.63) is 59.2 Å². The van der Waals surface area contributed by atoms with Gasteiger partial charge in [0.15, 0.2) is 6.61 Å². The van der Waals surface area contributed by atoms with E-state index in [2.05, 4.69) is 47.5 Å². The number of carbonyl (C=O) groups is 1. The third-order valence-corrected chi connectivity index (χ3v) is 5.48. The first kappa shape index (κ1) is 20.2. The van der Waals surface area contributed by atoms with Crippen molar-refractivity contribution in [1.29, 1.82) is 0 Å². The molecule has 1 aliphatic rings. The molecule has 1 amide bonds. The Balaban J connectivity index is 1.52. The minimum atomic E-state index is -0.110. The minimum Gasteiger partial charge on any atom is -0.484 e. The van der Waals surface area contributed by atoms with Crippen molar-refractivity contribution in [2.45, 2.75) is 46.6 Å². The number of hydrogen-bond acceptors (Lipinski definition) is 3. The topological polar surface area (TPSA) is 41.6 Å². The van der Waals surface area contributed by atoms with E-state index < -0.39 is 0 Å². The van der Waals surface area contributed by atoms with Crippen molar-refractivity contribution >= 4 is 11.6 Å². The van der Waals surface area contributed by atoms with Gasteiger partial charge in [0.1, 0.15) is 5.75 Å². The molecule has 3 rings (SSSR count). The highest BCUT2D eigenvalue weighted by Gasteiger charge is 2.17. The summed E-state index contributed by atoms with van der Waals surface area (Å²) in [6.07, 6.45) is 2.58. The van der Waals surface area contributed by atoms with Crippen LogP contribution in [0.2, 0.25) is 0 Å². The maximum Gasteiger partial charge on any atom is 0.258 e. The van der Waals surface area contributed by atoms with Crippen LogP contribution in [0.3, 0.4) is 0 Å². The second-order valence-corrected chi connectivity index (χ2v) is 8.13. The summed E-state index contributed by atoms with van der Waals surface area (Å²) in [4.78, 5) is 14.7. The molecule has 4 nitrogen and oxygen atoms in total. The number of aryl methyl sites for hydroxylation is 2. The molecular weight excluding hydrogens is 348 g/mol. The summed E-state index contributed by atoms with van der Waals surface area (Å²) in [6, 6.07) is 14.5. The van der Waals surface area contributed by atoms with E-state index in [9.17, 15) is 4.79 Å². The van der Waals surface area contributed by atoms with E-state index >= 15 is 0 Å². The maximum atomic E-state index is 12.3. The van der Waals surface area contributed by atoms with Crippen LogP contribution in [0.1, 0.15) is 49.4 Å². The Morgan fingerprint density at radius 2 is 1.96 bits per heavy atom. The number of nitrogens with zero attached hydrogens (tertiary/aromatic N) is 1. The van der Waals surface area contributed by atoms with Gasteiger partial charge in [-0.25, -0.2) is 0 Å². The van der Waals surface area contributed by atoms with Crippen LogP contribution in [0, 0.1) is 19.8 Å². The van der Waals surface area contributed by atoms with E-state index in [0.717, 1.165) is 35.9 Å². The zero-order chi connectivity index (χ0) is 20.1. The van der Waals surface area contributed by atoms with Crippen LogP contribution >= 0.6 is 0 Å². The van der Waals surface area contributed by atoms with Crippen LogP contribution in [0.5, 0.6) is 5.75 Å². The van der Waals surface area contributed by atoms with Gasteiger partial charge in [0, 0.05) is 18.8 Å². The third kappa shape index (κ3) is 5.28. The van der Waals surface area contributed by atoms with Crippen LogP contribution in [0.4, 0.5) is 5.69 Å². The van der Waals surface area contributed by atoms with E-state index in [1.165, 1.54) is 24.1 Å². The first-order valence-corrected chi connectivity index (χ1v) is 10.3. The molecule has 0 bridgehead atoms. The molecule has 0 saturated carbocycles. The van der Waals surface area contributed by atoms with Gasteiger partial charge in [-0.05, 0) is 68.9 Å². The van der Waals surface area contributed by atoms with Crippen molar-refractivity contribution in [2.75, 3.05) is 24.6 Å². The second kappa shape index (κ2) is 9.13. The molecule has 2 aromatic rings. The standard InChI is InChI=1S/C24H32N2O2/c1-17-7-12-23(19(3)14-17)28-16-24(27)25-20(4)21-8-10-22(11-9-21)26-13-5-6-18(2)15-26/h7-12,14,18,20H,5-6,13,15-16H2,1-4H3,(H,25,27)/t18-,20+/m1/s1. The number of nitrogens with one attached hydrogen (secondary N) is 1. The van der Waals surface area contributed by atoms with Crippen LogP contribution in [0.25, 0.3) is 0 Å². The molecule has 0 spiro atoms. The fourth-order valence-corrected chi connectivity index (χ4v) is 3.87. The molecule has 0 aliphatic carbocycles. The second-order valence-electron chi connectivity index (χ2n) is 8.13. The average Bonchev–Trinajstić information content (AvgIpc) is 2.67. The SMILES string of the molecule is Cc1ccc(OCC(=O)N[C@@H](C)c2ccc(N3CCC[C@@H](C)C3)cc2)c(C)c1. The fraction of sp³-hybridized carbons (Fsp3) is 0.458.